The van der Waals surface area contributed by atoms with E-state index in [4.69, 9.17) is 0 Å². The Morgan fingerprint density at radius 2 is 1.71 bits per heavy atom. The van der Waals surface area contributed by atoms with E-state index in [1.54, 1.807) is 6.21 Å². The van der Waals surface area contributed by atoms with E-state index in [-0.39, 0.29) is 11.7 Å². The average Bonchev–Trinajstić information content (AvgIpc) is 2.49. The van der Waals surface area contributed by atoms with E-state index in [9.17, 15) is 4.79 Å². The molecule has 0 bridgehead atoms. The molecule has 1 aliphatic heterocycles. The summed E-state index contributed by atoms with van der Waals surface area (Å²) in [4.78, 5) is 17.0. The molecule has 0 aliphatic carbocycles. The number of hydrogen-bond donors (Lipinski definition) is 0. The lowest BCUT2D eigenvalue weighted by Gasteiger charge is -2.17. The van der Waals surface area contributed by atoms with Crippen LogP contribution in [0.15, 0.2) is 51.9 Å². The zero-order valence-corrected chi connectivity index (χ0v) is 13.0. The Bertz CT molecular complexity index is 943. The molecule has 1 aliphatic rings. The Hall–Kier alpha value is -2.00. The number of ketones is 1. The van der Waals surface area contributed by atoms with E-state index in [2.05, 4.69) is 45.2 Å². The summed E-state index contributed by atoms with van der Waals surface area (Å²) < 4.78 is 0.974. The first-order chi connectivity index (χ1) is 10.1. The highest BCUT2D eigenvalue weighted by molar-refractivity contribution is 9.10. The van der Waals surface area contributed by atoms with Crippen LogP contribution in [0, 0.1) is 5.92 Å². The second-order valence-corrected chi connectivity index (χ2v) is 6.28. The van der Waals surface area contributed by atoms with Crippen molar-refractivity contribution in [2.45, 2.75) is 6.92 Å². The SMILES string of the molecule is CC1C=Nc2cc(Br)c3cc4ccccc4cc3c2C1=O. The Kier molecular flexibility index (Phi) is 2.73. The van der Waals surface area contributed by atoms with Crippen LogP contribution in [0.5, 0.6) is 0 Å². The Morgan fingerprint density at radius 1 is 1.05 bits per heavy atom. The van der Waals surface area contributed by atoms with Crippen molar-refractivity contribution in [2.24, 2.45) is 10.9 Å². The number of aliphatic imine (C=N–C) groups is 1. The van der Waals surface area contributed by atoms with Gasteiger partial charge in [-0.2, -0.15) is 0 Å². The van der Waals surface area contributed by atoms with Crippen molar-refractivity contribution in [1.29, 1.82) is 0 Å². The van der Waals surface area contributed by atoms with Gasteiger partial charge in [0.05, 0.1) is 17.2 Å². The third kappa shape index (κ3) is 1.84. The smallest absolute Gasteiger partial charge is 0.173 e. The van der Waals surface area contributed by atoms with Gasteiger partial charge in [0.1, 0.15) is 0 Å². The summed E-state index contributed by atoms with van der Waals surface area (Å²) >= 11 is 3.61. The lowest BCUT2D eigenvalue weighted by Crippen LogP contribution is -2.16. The van der Waals surface area contributed by atoms with Crippen LogP contribution in [0.1, 0.15) is 17.3 Å². The molecule has 2 nitrogen and oxygen atoms in total. The van der Waals surface area contributed by atoms with Crippen molar-refractivity contribution in [3.63, 3.8) is 0 Å². The minimum atomic E-state index is -0.159. The standard InChI is InChI=1S/C18H12BrNO/c1-10-9-20-16-8-15(19)13-6-11-4-2-3-5-12(11)7-14(13)17(16)18(10)21/h2-10H,1H3. The van der Waals surface area contributed by atoms with Gasteiger partial charge in [-0.15, -0.1) is 0 Å². The highest BCUT2D eigenvalue weighted by Crippen LogP contribution is 2.39. The van der Waals surface area contributed by atoms with Crippen molar-refractivity contribution in [1.82, 2.24) is 0 Å². The topological polar surface area (TPSA) is 29.4 Å². The maximum Gasteiger partial charge on any atom is 0.173 e. The first-order valence-corrected chi connectivity index (χ1v) is 7.68. The first kappa shape index (κ1) is 12.7. The molecule has 0 spiro atoms. The van der Waals surface area contributed by atoms with E-state index in [1.165, 1.54) is 5.39 Å². The average molecular weight is 338 g/mol. The van der Waals surface area contributed by atoms with Gasteiger partial charge in [-0.1, -0.05) is 47.1 Å². The molecule has 4 rings (SSSR count). The summed E-state index contributed by atoms with van der Waals surface area (Å²) in [6, 6.07) is 14.4. The highest BCUT2D eigenvalue weighted by Gasteiger charge is 2.24. The molecule has 1 unspecified atom stereocenters. The first-order valence-electron chi connectivity index (χ1n) is 6.88. The van der Waals surface area contributed by atoms with E-state index in [1.807, 2.05) is 25.1 Å². The highest BCUT2D eigenvalue weighted by atomic mass is 79.9. The van der Waals surface area contributed by atoms with E-state index in [0.717, 1.165) is 31.9 Å². The molecule has 0 saturated carbocycles. The Labute approximate surface area is 130 Å². The number of halogens is 1. The molecular weight excluding hydrogens is 326 g/mol. The van der Waals surface area contributed by atoms with Crippen LogP contribution in [0.3, 0.4) is 0 Å². The molecule has 0 radical (unpaired) electrons. The maximum atomic E-state index is 12.6. The second kappa shape index (κ2) is 4.50. The molecule has 102 valence electrons. The van der Waals surface area contributed by atoms with Gasteiger partial charge in [-0.3, -0.25) is 9.79 Å². The molecule has 1 atom stereocenters. The van der Waals surface area contributed by atoms with Crippen molar-refractivity contribution >= 4 is 55.2 Å². The molecule has 1 heterocycles. The number of rotatable bonds is 0. The third-order valence-corrected chi connectivity index (χ3v) is 4.69. The number of fused-ring (bicyclic) bond motifs is 4. The zero-order chi connectivity index (χ0) is 14.6. The van der Waals surface area contributed by atoms with E-state index < -0.39 is 0 Å². The van der Waals surface area contributed by atoms with Crippen LogP contribution in [0.25, 0.3) is 21.5 Å². The van der Waals surface area contributed by atoms with Crippen LogP contribution < -0.4 is 0 Å². The number of benzene rings is 3. The monoisotopic (exact) mass is 337 g/mol. The van der Waals surface area contributed by atoms with Gasteiger partial charge in [0, 0.05) is 10.7 Å². The van der Waals surface area contributed by atoms with Crippen molar-refractivity contribution in [3.8, 4) is 0 Å². The molecule has 0 fully saturated rings. The quantitative estimate of drug-likeness (QED) is 0.512. The van der Waals surface area contributed by atoms with Gasteiger partial charge < -0.3 is 0 Å². The fourth-order valence-electron chi connectivity index (χ4n) is 2.90. The van der Waals surface area contributed by atoms with E-state index >= 15 is 0 Å². The molecule has 0 amide bonds. The number of Topliss-reactive ketones (excluding diaryl/α,β-unsaturated/α-hetero) is 1. The molecule has 0 N–H and O–H groups in total. The summed E-state index contributed by atoms with van der Waals surface area (Å²) in [6.07, 6.45) is 1.73. The summed E-state index contributed by atoms with van der Waals surface area (Å²) in [7, 11) is 0. The summed E-state index contributed by atoms with van der Waals surface area (Å²) in [5.74, 6) is -0.0128. The molecule has 0 aromatic heterocycles. The fourth-order valence-corrected chi connectivity index (χ4v) is 3.45. The van der Waals surface area contributed by atoms with Crippen molar-refractivity contribution in [3.05, 3.63) is 52.5 Å². The molecule has 0 saturated heterocycles. The van der Waals surface area contributed by atoms with E-state index in [0.29, 0.717) is 0 Å². The normalized spacial score (nSPS) is 17.4. The number of carbonyl (C=O) groups is 1. The molecule has 3 heteroatoms. The molecule has 3 aromatic rings. The van der Waals surface area contributed by atoms with Gasteiger partial charge in [0.2, 0.25) is 0 Å². The largest absolute Gasteiger partial charge is 0.293 e. The summed E-state index contributed by atoms with van der Waals surface area (Å²) in [6.45, 7) is 1.89. The van der Waals surface area contributed by atoms with Gasteiger partial charge in [0.15, 0.2) is 5.78 Å². The van der Waals surface area contributed by atoms with Gasteiger partial charge >= 0.3 is 0 Å². The fraction of sp³-hybridized carbons (Fsp3) is 0.111. The van der Waals surface area contributed by atoms with Gasteiger partial charge in [-0.25, -0.2) is 0 Å². The lowest BCUT2D eigenvalue weighted by atomic mass is 9.90. The van der Waals surface area contributed by atoms with Crippen LogP contribution >= 0.6 is 15.9 Å². The number of nitrogens with zero attached hydrogens (tertiary/aromatic N) is 1. The van der Waals surface area contributed by atoms with Gasteiger partial charge in [0.25, 0.3) is 0 Å². The predicted molar refractivity (Wildman–Crippen MR) is 90.8 cm³/mol. The van der Waals surface area contributed by atoms with Crippen LogP contribution in [0.4, 0.5) is 5.69 Å². The molecular formula is C18H12BrNO. The Balaban J connectivity index is 2.20. The lowest BCUT2D eigenvalue weighted by molar-refractivity contribution is 0.0964. The number of carbonyl (C=O) groups excluding carboxylic acids is 1. The Morgan fingerprint density at radius 3 is 2.43 bits per heavy atom. The minimum absolute atomic E-state index is 0.146. The predicted octanol–water partition coefficient (Wildman–Crippen LogP) is 5.29. The maximum absolute atomic E-state index is 12.6. The van der Waals surface area contributed by atoms with Crippen molar-refractivity contribution < 1.29 is 4.79 Å². The molecule has 21 heavy (non-hydrogen) atoms. The second-order valence-electron chi connectivity index (χ2n) is 5.43. The van der Waals surface area contributed by atoms with Gasteiger partial charge in [-0.05, 0) is 39.7 Å². The molecule has 3 aromatic carbocycles. The number of hydrogen-bond acceptors (Lipinski definition) is 2. The summed E-state index contributed by atoms with van der Waals surface area (Å²) in [5, 5.41) is 4.35. The van der Waals surface area contributed by atoms with Crippen LogP contribution in [-0.4, -0.2) is 12.0 Å². The van der Waals surface area contributed by atoms with Crippen LogP contribution in [0.2, 0.25) is 0 Å². The van der Waals surface area contributed by atoms with Crippen LogP contribution in [-0.2, 0) is 0 Å². The third-order valence-electron chi connectivity index (χ3n) is 4.03. The zero-order valence-electron chi connectivity index (χ0n) is 11.4. The minimum Gasteiger partial charge on any atom is -0.293 e. The van der Waals surface area contributed by atoms with Crippen molar-refractivity contribution in [2.75, 3.05) is 0 Å². The summed E-state index contributed by atoms with van der Waals surface area (Å²) in [5.41, 5.74) is 1.50.